The van der Waals surface area contributed by atoms with Crippen LogP contribution in [0.4, 0.5) is 11.4 Å². The van der Waals surface area contributed by atoms with Crippen LogP contribution in [0.2, 0.25) is 0 Å². The van der Waals surface area contributed by atoms with Crippen LogP contribution < -0.4 is 15.5 Å². The Bertz CT molecular complexity index is 921. The molecule has 0 aliphatic carbocycles. The third-order valence-corrected chi connectivity index (χ3v) is 6.55. The molecule has 7 nitrogen and oxygen atoms in total. The summed E-state index contributed by atoms with van der Waals surface area (Å²) in [5.74, 6) is -0.248. The van der Waals surface area contributed by atoms with Gasteiger partial charge in [-0.25, -0.2) is 8.42 Å². The minimum atomic E-state index is -3.17. The number of carbonyl (C=O) groups is 1. The van der Waals surface area contributed by atoms with Crippen LogP contribution in [0.5, 0.6) is 0 Å². The highest BCUT2D eigenvalue weighted by atomic mass is 32.2. The van der Waals surface area contributed by atoms with Gasteiger partial charge in [0.15, 0.2) is 5.11 Å². The summed E-state index contributed by atoms with van der Waals surface area (Å²) >= 11 is 6.62. The largest absolute Gasteiger partial charge is 0.367 e. The Morgan fingerprint density at radius 1 is 1.11 bits per heavy atom. The first-order valence-electron chi connectivity index (χ1n) is 8.29. The number of amides is 1. The zero-order valence-electron chi connectivity index (χ0n) is 14.7. The number of nitrogens with one attached hydrogen (secondary N) is 2. The number of thiophene rings is 1. The Morgan fingerprint density at radius 2 is 1.81 bits per heavy atom. The molecule has 1 aliphatic rings. The number of thiocarbonyl (C=S) groups is 1. The minimum Gasteiger partial charge on any atom is -0.367 e. The second-order valence-electron chi connectivity index (χ2n) is 6.05. The molecule has 1 amide bonds. The Hall–Kier alpha value is -2.01. The second-order valence-corrected chi connectivity index (χ2v) is 9.39. The standard InChI is InChI=1S/C17H20N4O3S3/c1-27(23,24)21-10-8-20(9-11-21)14-6-3-2-5-13(14)18-17(25)19-16(22)15-7-4-12-26-15/h2-7,12H,8-11H2,1H3,(H2,18,19,22,25). The average Bonchev–Trinajstić information content (AvgIpc) is 3.16. The number of carbonyl (C=O) groups excluding carboxylic acids is 1. The Labute approximate surface area is 168 Å². The molecule has 144 valence electrons. The average molecular weight is 425 g/mol. The SMILES string of the molecule is CS(=O)(=O)N1CCN(c2ccccc2NC(=S)NC(=O)c2cccs2)CC1. The number of hydrogen-bond donors (Lipinski definition) is 2. The lowest BCUT2D eigenvalue weighted by atomic mass is 10.2. The van der Waals surface area contributed by atoms with Crippen LogP contribution in [0.1, 0.15) is 9.67 Å². The quantitative estimate of drug-likeness (QED) is 0.731. The molecule has 2 N–H and O–H groups in total. The van der Waals surface area contributed by atoms with Gasteiger partial charge in [0.1, 0.15) is 0 Å². The van der Waals surface area contributed by atoms with Crippen molar-refractivity contribution in [1.82, 2.24) is 9.62 Å². The molecule has 10 heteroatoms. The van der Waals surface area contributed by atoms with Crippen LogP contribution in [-0.2, 0) is 10.0 Å². The molecule has 0 bridgehead atoms. The van der Waals surface area contributed by atoms with Crippen molar-refractivity contribution in [2.24, 2.45) is 0 Å². The number of para-hydroxylation sites is 2. The zero-order valence-corrected chi connectivity index (χ0v) is 17.2. The number of hydrogen-bond acceptors (Lipinski definition) is 6. The molecule has 2 aromatic rings. The van der Waals surface area contributed by atoms with E-state index in [0.717, 1.165) is 11.4 Å². The predicted molar refractivity (Wildman–Crippen MR) is 113 cm³/mol. The lowest BCUT2D eigenvalue weighted by molar-refractivity contribution is 0.0981. The molecule has 1 saturated heterocycles. The fourth-order valence-electron chi connectivity index (χ4n) is 2.84. The van der Waals surface area contributed by atoms with E-state index in [1.54, 1.807) is 6.07 Å². The Morgan fingerprint density at radius 3 is 2.44 bits per heavy atom. The molecule has 0 spiro atoms. The van der Waals surface area contributed by atoms with E-state index in [0.29, 0.717) is 31.1 Å². The maximum atomic E-state index is 12.1. The second kappa shape index (κ2) is 8.34. The predicted octanol–water partition coefficient (Wildman–Crippen LogP) is 1.96. The van der Waals surface area contributed by atoms with E-state index in [2.05, 4.69) is 15.5 Å². The van der Waals surface area contributed by atoms with E-state index in [1.165, 1.54) is 21.9 Å². The maximum Gasteiger partial charge on any atom is 0.267 e. The summed E-state index contributed by atoms with van der Waals surface area (Å²) < 4.78 is 24.8. The van der Waals surface area contributed by atoms with Crippen molar-refractivity contribution in [3.63, 3.8) is 0 Å². The van der Waals surface area contributed by atoms with Crippen molar-refractivity contribution in [1.29, 1.82) is 0 Å². The van der Waals surface area contributed by atoms with Crippen molar-refractivity contribution >= 4 is 56.0 Å². The molecule has 1 aromatic carbocycles. The first-order valence-corrected chi connectivity index (χ1v) is 11.4. The van der Waals surface area contributed by atoms with Gasteiger partial charge in [0.2, 0.25) is 10.0 Å². The van der Waals surface area contributed by atoms with Gasteiger partial charge in [-0.2, -0.15) is 4.31 Å². The molecule has 0 radical (unpaired) electrons. The van der Waals surface area contributed by atoms with E-state index in [9.17, 15) is 13.2 Å². The van der Waals surface area contributed by atoms with Gasteiger partial charge in [-0.05, 0) is 35.8 Å². The Kier molecular flexibility index (Phi) is 6.10. The number of benzene rings is 1. The van der Waals surface area contributed by atoms with Crippen molar-refractivity contribution in [2.45, 2.75) is 0 Å². The van der Waals surface area contributed by atoms with Gasteiger partial charge < -0.3 is 10.2 Å². The molecule has 0 unspecified atom stereocenters. The first kappa shape index (κ1) is 19.7. The molecule has 27 heavy (non-hydrogen) atoms. The normalized spacial score (nSPS) is 15.4. The molecular weight excluding hydrogens is 404 g/mol. The van der Waals surface area contributed by atoms with E-state index < -0.39 is 10.0 Å². The van der Waals surface area contributed by atoms with Crippen LogP contribution in [0.3, 0.4) is 0 Å². The van der Waals surface area contributed by atoms with Crippen LogP contribution in [0.15, 0.2) is 41.8 Å². The molecule has 0 atom stereocenters. The van der Waals surface area contributed by atoms with E-state index in [4.69, 9.17) is 12.2 Å². The van der Waals surface area contributed by atoms with Crippen LogP contribution in [0, 0.1) is 0 Å². The van der Waals surface area contributed by atoms with E-state index in [1.807, 2.05) is 35.7 Å². The fraction of sp³-hybridized carbons (Fsp3) is 0.294. The smallest absolute Gasteiger partial charge is 0.267 e. The number of sulfonamides is 1. The molecular formula is C17H20N4O3S3. The summed E-state index contributed by atoms with van der Waals surface area (Å²) in [6, 6.07) is 11.2. The molecule has 3 rings (SSSR count). The number of rotatable bonds is 4. The molecule has 2 heterocycles. The number of nitrogens with zero attached hydrogens (tertiary/aromatic N) is 2. The zero-order chi connectivity index (χ0) is 19.4. The monoisotopic (exact) mass is 424 g/mol. The van der Waals surface area contributed by atoms with Gasteiger partial charge in [-0.15, -0.1) is 11.3 Å². The first-order chi connectivity index (χ1) is 12.8. The van der Waals surface area contributed by atoms with Gasteiger partial charge in [-0.3, -0.25) is 10.1 Å². The van der Waals surface area contributed by atoms with Gasteiger partial charge in [0.25, 0.3) is 5.91 Å². The van der Waals surface area contributed by atoms with Crippen LogP contribution >= 0.6 is 23.6 Å². The number of anilines is 2. The maximum absolute atomic E-state index is 12.1. The van der Waals surface area contributed by atoms with Gasteiger partial charge in [-0.1, -0.05) is 18.2 Å². The summed E-state index contributed by atoms with van der Waals surface area (Å²) in [5.41, 5.74) is 1.68. The summed E-state index contributed by atoms with van der Waals surface area (Å²) in [6.07, 6.45) is 1.23. The van der Waals surface area contributed by atoms with Crippen molar-refractivity contribution < 1.29 is 13.2 Å². The fourth-order valence-corrected chi connectivity index (χ4v) is 4.49. The van der Waals surface area contributed by atoms with Crippen LogP contribution in [0.25, 0.3) is 0 Å². The van der Waals surface area contributed by atoms with Crippen molar-refractivity contribution in [2.75, 3.05) is 42.7 Å². The summed E-state index contributed by atoms with van der Waals surface area (Å²) in [6.45, 7) is 2.04. The minimum absolute atomic E-state index is 0.218. The van der Waals surface area contributed by atoms with Crippen molar-refractivity contribution in [3.8, 4) is 0 Å². The molecule has 1 fully saturated rings. The number of piperazine rings is 1. The highest BCUT2D eigenvalue weighted by Gasteiger charge is 2.24. The third kappa shape index (κ3) is 5.04. The van der Waals surface area contributed by atoms with E-state index in [-0.39, 0.29) is 11.0 Å². The lowest BCUT2D eigenvalue weighted by Crippen LogP contribution is -2.48. The van der Waals surface area contributed by atoms with Crippen LogP contribution in [-0.4, -0.2) is 56.2 Å². The van der Waals surface area contributed by atoms with Gasteiger partial charge in [0, 0.05) is 26.2 Å². The van der Waals surface area contributed by atoms with Gasteiger partial charge >= 0.3 is 0 Å². The van der Waals surface area contributed by atoms with Gasteiger partial charge in [0.05, 0.1) is 22.5 Å². The Balaban J connectivity index is 1.66. The highest BCUT2D eigenvalue weighted by molar-refractivity contribution is 7.88. The van der Waals surface area contributed by atoms with Crippen molar-refractivity contribution in [3.05, 3.63) is 46.7 Å². The summed E-state index contributed by atoms with van der Waals surface area (Å²) in [4.78, 5) is 14.8. The molecule has 1 aromatic heterocycles. The molecule has 1 aliphatic heterocycles. The van der Waals surface area contributed by atoms with E-state index >= 15 is 0 Å². The molecule has 0 saturated carbocycles. The highest BCUT2D eigenvalue weighted by Crippen LogP contribution is 2.27. The summed E-state index contributed by atoms with van der Waals surface area (Å²) in [7, 11) is -3.17. The third-order valence-electron chi connectivity index (χ3n) is 4.17. The summed E-state index contributed by atoms with van der Waals surface area (Å²) in [5, 5.41) is 7.79. The topological polar surface area (TPSA) is 81.8 Å². The lowest BCUT2D eigenvalue weighted by Gasteiger charge is -2.35.